The average molecular weight is 293 g/mol. The zero-order valence-corrected chi connectivity index (χ0v) is 13.1. The summed E-state index contributed by atoms with van der Waals surface area (Å²) in [5, 5.41) is 6.45. The molecule has 2 aliphatic rings. The van der Waals surface area contributed by atoms with Crippen LogP contribution in [-0.2, 0) is 11.3 Å². The van der Waals surface area contributed by atoms with E-state index in [1.807, 2.05) is 6.92 Å². The molecule has 0 radical (unpaired) electrons. The lowest BCUT2D eigenvalue weighted by Gasteiger charge is -2.15. The van der Waals surface area contributed by atoms with E-state index >= 15 is 0 Å². The summed E-state index contributed by atoms with van der Waals surface area (Å²) in [6.07, 6.45) is 5.68. The number of amides is 1. The fourth-order valence-corrected chi connectivity index (χ4v) is 3.95. The van der Waals surface area contributed by atoms with Gasteiger partial charge in [0.2, 0.25) is 5.91 Å². The summed E-state index contributed by atoms with van der Waals surface area (Å²) in [5.41, 5.74) is 1.68. The summed E-state index contributed by atoms with van der Waals surface area (Å²) < 4.78 is 0. The Morgan fingerprint density at radius 1 is 1.55 bits per heavy atom. The fourth-order valence-electron chi connectivity index (χ4n) is 3.02. The maximum absolute atomic E-state index is 11.5. The molecule has 1 amide bonds. The van der Waals surface area contributed by atoms with Crippen LogP contribution in [0.25, 0.3) is 0 Å². The molecule has 0 aromatic carbocycles. The molecule has 0 atom stereocenters. The van der Waals surface area contributed by atoms with Gasteiger partial charge in [-0.1, -0.05) is 0 Å². The molecule has 1 aromatic rings. The predicted molar refractivity (Wildman–Crippen MR) is 81.9 cm³/mol. The van der Waals surface area contributed by atoms with E-state index in [0.29, 0.717) is 12.0 Å². The Labute approximate surface area is 124 Å². The molecule has 0 bridgehead atoms. The highest BCUT2D eigenvalue weighted by Crippen LogP contribution is 2.60. The summed E-state index contributed by atoms with van der Waals surface area (Å²) >= 11 is 1.56. The van der Waals surface area contributed by atoms with Crippen molar-refractivity contribution in [2.24, 2.45) is 11.3 Å². The van der Waals surface area contributed by atoms with Crippen molar-refractivity contribution in [1.29, 1.82) is 0 Å². The van der Waals surface area contributed by atoms with Gasteiger partial charge in [0.25, 0.3) is 0 Å². The molecule has 1 N–H and O–H groups in total. The Balaban J connectivity index is 1.51. The molecule has 0 spiro atoms. The third-order valence-corrected chi connectivity index (χ3v) is 5.50. The molecule has 0 saturated heterocycles. The minimum atomic E-state index is 0.0621. The summed E-state index contributed by atoms with van der Waals surface area (Å²) in [7, 11) is 0. The first-order valence-corrected chi connectivity index (χ1v) is 8.46. The number of carbonyl (C=O) groups is 1. The fraction of sp³-hybridized carbons (Fsp3) is 0.733. The summed E-state index contributed by atoms with van der Waals surface area (Å²) in [6, 6.07) is 0. The van der Waals surface area contributed by atoms with Gasteiger partial charge in [-0.15, -0.1) is 11.3 Å². The Bertz CT molecular complexity index is 491. The molecule has 0 unspecified atom stereocenters. The molecule has 2 fully saturated rings. The highest BCUT2D eigenvalue weighted by molar-refractivity contribution is 7.14. The van der Waals surface area contributed by atoms with E-state index in [9.17, 15) is 4.79 Å². The van der Waals surface area contributed by atoms with Crippen molar-refractivity contribution in [3.63, 3.8) is 0 Å². The number of nitrogens with zero attached hydrogens (tertiary/aromatic N) is 2. The van der Waals surface area contributed by atoms with E-state index in [4.69, 9.17) is 0 Å². The number of aromatic nitrogens is 1. The second-order valence-corrected chi connectivity index (χ2v) is 6.96. The molecule has 20 heavy (non-hydrogen) atoms. The van der Waals surface area contributed by atoms with Gasteiger partial charge in [0.05, 0.1) is 5.69 Å². The second-order valence-electron chi connectivity index (χ2n) is 6.12. The van der Waals surface area contributed by atoms with Crippen LogP contribution in [0.15, 0.2) is 5.38 Å². The van der Waals surface area contributed by atoms with Crippen LogP contribution < -0.4 is 10.2 Å². The maximum atomic E-state index is 11.5. The Morgan fingerprint density at radius 3 is 2.85 bits per heavy atom. The van der Waals surface area contributed by atoms with Gasteiger partial charge < -0.3 is 5.32 Å². The largest absolute Gasteiger partial charge is 0.311 e. The van der Waals surface area contributed by atoms with Crippen molar-refractivity contribution in [2.45, 2.75) is 46.1 Å². The smallest absolute Gasteiger partial charge is 0.225 e. The topological polar surface area (TPSA) is 45.2 Å². The Hall–Kier alpha value is -0.940. The molecule has 3 rings (SSSR count). The van der Waals surface area contributed by atoms with Crippen LogP contribution in [0.5, 0.6) is 0 Å². The lowest BCUT2D eigenvalue weighted by atomic mass is 10.0. The molecular weight excluding hydrogens is 270 g/mol. The van der Waals surface area contributed by atoms with Gasteiger partial charge in [-0.3, -0.25) is 9.69 Å². The Kier molecular flexibility index (Phi) is 3.82. The lowest BCUT2D eigenvalue weighted by Crippen LogP contribution is -2.28. The van der Waals surface area contributed by atoms with E-state index in [0.717, 1.165) is 29.8 Å². The minimum Gasteiger partial charge on any atom is -0.311 e. The summed E-state index contributed by atoms with van der Waals surface area (Å²) in [5.74, 6) is 1.06. The molecule has 1 aromatic heterocycles. The molecule has 2 saturated carbocycles. The summed E-state index contributed by atoms with van der Waals surface area (Å²) in [6.45, 7) is 6.21. The van der Waals surface area contributed by atoms with Crippen LogP contribution in [-0.4, -0.2) is 24.0 Å². The molecule has 2 aliphatic carbocycles. The number of rotatable bonds is 7. The van der Waals surface area contributed by atoms with Gasteiger partial charge in [-0.2, -0.15) is 0 Å². The van der Waals surface area contributed by atoms with E-state index < -0.39 is 0 Å². The Morgan fingerprint density at radius 2 is 2.30 bits per heavy atom. The monoisotopic (exact) mass is 293 g/mol. The SMILES string of the molecule is CCN(C(C)=O)c1nc(CNCC2(C3CC3)CC2)cs1. The van der Waals surface area contributed by atoms with Crippen molar-refractivity contribution < 1.29 is 4.79 Å². The number of hydrogen-bond donors (Lipinski definition) is 1. The van der Waals surface area contributed by atoms with Crippen LogP contribution in [0.1, 0.15) is 45.2 Å². The molecule has 5 heteroatoms. The van der Waals surface area contributed by atoms with Crippen molar-refractivity contribution in [3.8, 4) is 0 Å². The van der Waals surface area contributed by atoms with Crippen molar-refractivity contribution in [2.75, 3.05) is 18.0 Å². The van der Waals surface area contributed by atoms with Gasteiger partial charge >= 0.3 is 0 Å². The number of hydrogen-bond acceptors (Lipinski definition) is 4. The first-order valence-electron chi connectivity index (χ1n) is 7.58. The quantitative estimate of drug-likeness (QED) is 0.841. The number of anilines is 1. The lowest BCUT2D eigenvalue weighted by molar-refractivity contribution is -0.116. The number of carbonyl (C=O) groups excluding carboxylic acids is 1. The average Bonchev–Trinajstić information content (AvgIpc) is 3.30. The molecule has 110 valence electrons. The van der Waals surface area contributed by atoms with Crippen LogP contribution in [0.4, 0.5) is 5.13 Å². The molecule has 1 heterocycles. The third kappa shape index (κ3) is 2.88. The highest BCUT2D eigenvalue weighted by atomic mass is 32.1. The van der Waals surface area contributed by atoms with Crippen LogP contribution >= 0.6 is 11.3 Å². The van der Waals surface area contributed by atoms with Crippen LogP contribution in [0.2, 0.25) is 0 Å². The normalized spacial score (nSPS) is 19.9. The first-order chi connectivity index (χ1) is 9.64. The highest BCUT2D eigenvalue weighted by Gasteiger charge is 2.53. The van der Waals surface area contributed by atoms with E-state index in [-0.39, 0.29) is 5.91 Å². The third-order valence-electron chi connectivity index (χ3n) is 4.59. The van der Waals surface area contributed by atoms with Gasteiger partial charge in [0.15, 0.2) is 5.13 Å². The molecule has 0 aliphatic heterocycles. The van der Waals surface area contributed by atoms with Crippen molar-refractivity contribution in [3.05, 3.63) is 11.1 Å². The van der Waals surface area contributed by atoms with Gasteiger partial charge in [-0.25, -0.2) is 4.98 Å². The molecule has 4 nitrogen and oxygen atoms in total. The van der Waals surface area contributed by atoms with E-state index in [1.54, 1.807) is 23.2 Å². The number of thiazole rings is 1. The van der Waals surface area contributed by atoms with Gasteiger partial charge in [0.1, 0.15) is 0 Å². The van der Waals surface area contributed by atoms with Gasteiger partial charge in [0, 0.05) is 31.9 Å². The zero-order valence-electron chi connectivity index (χ0n) is 12.3. The van der Waals surface area contributed by atoms with E-state index in [2.05, 4.69) is 15.7 Å². The van der Waals surface area contributed by atoms with Crippen molar-refractivity contribution >= 4 is 22.4 Å². The van der Waals surface area contributed by atoms with Gasteiger partial charge in [-0.05, 0) is 43.9 Å². The van der Waals surface area contributed by atoms with Crippen LogP contribution in [0, 0.1) is 11.3 Å². The molecular formula is C15H23N3OS. The predicted octanol–water partition coefficient (Wildman–Crippen LogP) is 2.80. The van der Waals surface area contributed by atoms with Crippen LogP contribution in [0.3, 0.4) is 0 Å². The standard InChI is InChI=1S/C15H23N3OS/c1-3-18(11(2)19)14-17-13(9-20-14)8-16-10-15(6-7-15)12-4-5-12/h9,12,16H,3-8,10H2,1-2H3. The van der Waals surface area contributed by atoms with E-state index in [1.165, 1.54) is 25.7 Å². The first kappa shape index (κ1) is 14.0. The second kappa shape index (κ2) is 5.45. The summed E-state index contributed by atoms with van der Waals surface area (Å²) in [4.78, 5) is 17.8. The minimum absolute atomic E-state index is 0.0621. The zero-order chi connectivity index (χ0) is 14.2. The van der Waals surface area contributed by atoms with Crippen molar-refractivity contribution in [1.82, 2.24) is 10.3 Å². The maximum Gasteiger partial charge on any atom is 0.225 e. The number of nitrogens with one attached hydrogen (secondary N) is 1.